The summed E-state index contributed by atoms with van der Waals surface area (Å²) in [7, 11) is 0. The Morgan fingerprint density at radius 1 is 1.07 bits per heavy atom. The van der Waals surface area contributed by atoms with E-state index in [1.54, 1.807) is 4.68 Å². The van der Waals surface area contributed by atoms with Crippen LogP contribution in [0.3, 0.4) is 0 Å². The van der Waals surface area contributed by atoms with Crippen LogP contribution in [0, 0.1) is 11.3 Å². The molecular formula is C22H21N7S. The van der Waals surface area contributed by atoms with E-state index in [9.17, 15) is 5.26 Å². The molecule has 0 saturated carbocycles. The molecule has 4 aromatic rings. The lowest BCUT2D eigenvalue weighted by molar-refractivity contribution is 0.578. The predicted molar refractivity (Wildman–Crippen MR) is 122 cm³/mol. The average Bonchev–Trinajstić information content (AvgIpc) is 3.35. The van der Waals surface area contributed by atoms with Crippen molar-refractivity contribution >= 4 is 44.6 Å². The normalized spacial score (nSPS) is 14.0. The number of nitrogens with two attached hydrogens (primary N) is 1. The molecule has 150 valence electrons. The first-order valence-electron chi connectivity index (χ1n) is 9.99. The zero-order valence-electron chi connectivity index (χ0n) is 16.4. The number of piperidine rings is 1. The van der Waals surface area contributed by atoms with Gasteiger partial charge in [-0.15, -0.1) is 5.10 Å². The number of nitrogens with one attached hydrogen (secondary N) is 1. The van der Waals surface area contributed by atoms with Crippen LogP contribution in [0.4, 0.5) is 23.0 Å². The van der Waals surface area contributed by atoms with E-state index in [4.69, 9.17) is 5.73 Å². The van der Waals surface area contributed by atoms with E-state index in [0.29, 0.717) is 16.5 Å². The molecule has 3 N–H and O–H groups in total. The maximum Gasteiger partial charge on any atom is 0.213 e. The monoisotopic (exact) mass is 415 g/mol. The fourth-order valence-electron chi connectivity index (χ4n) is 3.79. The second-order valence-corrected chi connectivity index (χ2v) is 8.33. The van der Waals surface area contributed by atoms with Gasteiger partial charge in [0.05, 0.1) is 10.2 Å². The topological polar surface area (TPSA) is 95.8 Å². The van der Waals surface area contributed by atoms with Crippen molar-refractivity contribution in [2.24, 2.45) is 0 Å². The summed E-state index contributed by atoms with van der Waals surface area (Å²) in [5.41, 5.74) is 9.52. The van der Waals surface area contributed by atoms with E-state index in [0.717, 1.165) is 29.0 Å². The molecule has 2 aromatic carbocycles. The fraction of sp³-hybridized carbons (Fsp3) is 0.227. The van der Waals surface area contributed by atoms with Crippen LogP contribution in [0.2, 0.25) is 0 Å². The van der Waals surface area contributed by atoms with Crippen molar-refractivity contribution in [1.29, 1.82) is 5.26 Å². The largest absolute Gasteiger partial charge is 0.382 e. The van der Waals surface area contributed by atoms with Crippen LogP contribution in [-0.4, -0.2) is 27.9 Å². The summed E-state index contributed by atoms with van der Waals surface area (Å²) in [6.45, 7) is 2.15. The highest BCUT2D eigenvalue weighted by molar-refractivity contribution is 7.20. The first kappa shape index (κ1) is 18.5. The quantitative estimate of drug-likeness (QED) is 0.503. The van der Waals surface area contributed by atoms with Crippen LogP contribution in [-0.2, 0) is 0 Å². The number of fused-ring (bicyclic) bond motifs is 1. The Hall–Kier alpha value is -3.57. The molecule has 0 unspecified atom stereocenters. The molecule has 5 rings (SSSR count). The molecule has 30 heavy (non-hydrogen) atoms. The summed E-state index contributed by atoms with van der Waals surface area (Å²) in [5.74, 6) is 0.719. The third kappa shape index (κ3) is 3.33. The summed E-state index contributed by atoms with van der Waals surface area (Å²) in [6.07, 6.45) is 3.74. The number of nitrogens with zero attached hydrogens (tertiary/aromatic N) is 5. The Morgan fingerprint density at radius 2 is 1.90 bits per heavy atom. The lowest BCUT2D eigenvalue weighted by Gasteiger charge is -2.29. The Labute approximate surface area is 178 Å². The summed E-state index contributed by atoms with van der Waals surface area (Å²) in [6, 6.07) is 18.3. The van der Waals surface area contributed by atoms with Gasteiger partial charge in [-0.3, -0.25) is 0 Å². The number of aromatic nitrogens is 3. The smallest absolute Gasteiger partial charge is 0.213 e. The Bertz CT molecular complexity index is 1210. The van der Waals surface area contributed by atoms with Gasteiger partial charge in [0.1, 0.15) is 17.5 Å². The molecule has 3 heterocycles. The minimum atomic E-state index is 0.284. The Balaban J connectivity index is 1.48. The van der Waals surface area contributed by atoms with Gasteiger partial charge in [-0.25, -0.2) is 4.98 Å². The minimum Gasteiger partial charge on any atom is -0.382 e. The van der Waals surface area contributed by atoms with Gasteiger partial charge in [0.2, 0.25) is 5.13 Å². The molecule has 1 aliphatic rings. The van der Waals surface area contributed by atoms with Crippen molar-refractivity contribution in [1.82, 2.24) is 14.8 Å². The number of nitrogen functional groups attached to an aromatic ring is 1. The van der Waals surface area contributed by atoms with Crippen molar-refractivity contribution in [2.75, 3.05) is 29.0 Å². The van der Waals surface area contributed by atoms with E-state index < -0.39 is 0 Å². The Morgan fingerprint density at radius 3 is 2.70 bits per heavy atom. The molecule has 0 amide bonds. The van der Waals surface area contributed by atoms with Crippen LogP contribution in [0.15, 0.2) is 48.5 Å². The van der Waals surface area contributed by atoms with E-state index >= 15 is 0 Å². The van der Waals surface area contributed by atoms with Crippen LogP contribution < -0.4 is 16.0 Å². The molecule has 0 atom stereocenters. The number of rotatable bonds is 4. The van der Waals surface area contributed by atoms with Crippen molar-refractivity contribution in [2.45, 2.75) is 19.3 Å². The van der Waals surface area contributed by atoms with Crippen molar-refractivity contribution in [3.63, 3.8) is 0 Å². The van der Waals surface area contributed by atoms with Crippen LogP contribution in [0.5, 0.6) is 0 Å². The number of hydrogen-bond donors (Lipinski definition) is 2. The highest BCUT2D eigenvalue weighted by atomic mass is 32.1. The third-order valence-electron chi connectivity index (χ3n) is 5.33. The number of nitriles is 1. The van der Waals surface area contributed by atoms with E-state index in [1.165, 1.54) is 36.3 Å². The van der Waals surface area contributed by atoms with Gasteiger partial charge in [-0.1, -0.05) is 29.5 Å². The first-order valence-corrected chi connectivity index (χ1v) is 10.8. The predicted octanol–water partition coefficient (Wildman–Crippen LogP) is 4.67. The number of para-hydroxylation sites is 1. The molecular weight excluding hydrogens is 394 g/mol. The second kappa shape index (κ2) is 7.69. The molecule has 8 heteroatoms. The molecule has 0 bridgehead atoms. The summed E-state index contributed by atoms with van der Waals surface area (Å²) in [4.78, 5) is 7.01. The van der Waals surface area contributed by atoms with E-state index in [-0.39, 0.29) is 5.82 Å². The molecule has 2 aromatic heterocycles. The maximum absolute atomic E-state index is 9.69. The van der Waals surface area contributed by atoms with Gasteiger partial charge < -0.3 is 16.0 Å². The molecule has 1 fully saturated rings. The van der Waals surface area contributed by atoms with Gasteiger partial charge in [0.25, 0.3) is 0 Å². The molecule has 1 saturated heterocycles. The highest BCUT2D eigenvalue weighted by Crippen LogP contribution is 2.32. The SMILES string of the molecule is N#Cc1c(Nc2cccc(N3CCCCC3)c2)nn(-c2nc3ccccc3s2)c1N. The summed E-state index contributed by atoms with van der Waals surface area (Å²) >= 11 is 1.49. The minimum absolute atomic E-state index is 0.284. The van der Waals surface area contributed by atoms with Crippen molar-refractivity contribution < 1.29 is 0 Å². The van der Waals surface area contributed by atoms with Gasteiger partial charge in [0, 0.05) is 24.5 Å². The fourth-order valence-corrected chi connectivity index (χ4v) is 4.73. The third-order valence-corrected chi connectivity index (χ3v) is 6.34. The number of benzene rings is 2. The van der Waals surface area contributed by atoms with E-state index in [2.05, 4.69) is 38.5 Å². The number of thiazole rings is 1. The second-order valence-electron chi connectivity index (χ2n) is 7.32. The van der Waals surface area contributed by atoms with Gasteiger partial charge in [-0.2, -0.15) is 9.94 Å². The summed E-state index contributed by atoms with van der Waals surface area (Å²) < 4.78 is 2.59. The first-order chi connectivity index (χ1) is 14.7. The van der Waals surface area contributed by atoms with Crippen molar-refractivity contribution in [3.8, 4) is 11.2 Å². The summed E-state index contributed by atoms with van der Waals surface area (Å²) in [5, 5.41) is 18.2. The molecule has 0 aliphatic carbocycles. The standard InChI is InChI=1S/C22H21N7S/c23-14-17-20(24)29(22-26-18-9-2-3-10-19(18)30-22)27-21(17)25-15-7-6-8-16(13-15)28-11-4-1-5-12-28/h2-3,6-10,13H,1,4-5,11-12,24H2,(H,25,27). The molecule has 7 nitrogen and oxygen atoms in total. The van der Waals surface area contributed by atoms with Gasteiger partial charge >= 0.3 is 0 Å². The van der Waals surface area contributed by atoms with Gasteiger partial charge in [0.15, 0.2) is 5.82 Å². The zero-order chi connectivity index (χ0) is 20.5. The lowest BCUT2D eigenvalue weighted by atomic mass is 10.1. The molecule has 0 spiro atoms. The average molecular weight is 416 g/mol. The number of hydrogen-bond acceptors (Lipinski definition) is 7. The van der Waals surface area contributed by atoms with E-state index in [1.807, 2.05) is 36.4 Å². The molecule has 0 radical (unpaired) electrons. The van der Waals surface area contributed by atoms with Crippen LogP contribution in [0.25, 0.3) is 15.3 Å². The van der Waals surface area contributed by atoms with Crippen molar-refractivity contribution in [3.05, 3.63) is 54.1 Å². The lowest BCUT2D eigenvalue weighted by Crippen LogP contribution is -2.29. The van der Waals surface area contributed by atoms with Crippen LogP contribution in [0.1, 0.15) is 24.8 Å². The number of anilines is 4. The zero-order valence-corrected chi connectivity index (χ0v) is 17.2. The Kier molecular flexibility index (Phi) is 4.73. The van der Waals surface area contributed by atoms with Crippen LogP contribution >= 0.6 is 11.3 Å². The maximum atomic E-state index is 9.69. The van der Waals surface area contributed by atoms with Gasteiger partial charge in [-0.05, 0) is 49.6 Å². The molecule has 1 aliphatic heterocycles. The highest BCUT2D eigenvalue weighted by Gasteiger charge is 2.19.